The van der Waals surface area contributed by atoms with E-state index in [1.807, 2.05) is 66.4 Å². The van der Waals surface area contributed by atoms with E-state index in [1.54, 1.807) is 23.1 Å². The molecule has 0 unspecified atom stereocenters. The molecule has 196 valence electrons. The standard InChI is InChI=1S/C30H32N4O4/c1-22-7-9-24(10-8-22)29(36)33-15-13-32(14-16-33)27-12-11-25(31-28(35)23-5-3-2-4-6-23)21-26(27)30(37)34-17-19-38-20-18-34/h2-12,21H,13-20H2,1H3,(H,31,35). The number of benzene rings is 3. The molecule has 3 aromatic carbocycles. The molecule has 2 aliphatic heterocycles. The third kappa shape index (κ3) is 5.70. The van der Waals surface area contributed by atoms with E-state index < -0.39 is 0 Å². The van der Waals surface area contributed by atoms with Crippen molar-refractivity contribution in [2.45, 2.75) is 6.92 Å². The van der Waals surface area contributed by atoms with Crippen LogP contribution in [0, 0.1) is 6.92 Å². The van der Waals surface area contributed by atoms with Gasteiger partial charge < -0.3 is 24.8 Å². The summed E-state index contributed by atoms with van der Waals surface area (Å²) in [7, 11) is 0. The monoisotopic (exact) mass is 512 g/mol. The van der Waals surface area contributed by atoms with Gasteiger partial charge in [-0.2, -0.15) is 0 Å². The van der Waals surface area contributed by atoms with Crippen LogP contribution < -0.4 is 10.2 Å². The lowest BCUT2D eigenvalue weighted by molar-refractivity contribution is 0.0303. The minimum Gasteiger partial charge on any atom is -0.378 e. The first kappa shape index (κ1) is 25.5. The van der Waals surface area contributed by atoms with Gasteiger partial charge in [0.25, 0.3) is 17.7 Å². The van der Waals surface area contributed by atoms with Crippen molar-refractivity contribution in [1.82, 2.24) is 9.80 Å². The molecule has 1 N–H and O–H groups in total. The summed E-state index contributed by atoms with van der Waals surface area (Å²) in [6.07, 6.45) is 0. The van der Waals surface area contributed by atoms with Crippen LogP contribution in [0.5, 0.6) is 0 Å². The Labute approximate surface area is 222 Å². The molecule has 8 heteroatoms. The molecule has 3 aromatic rings. The van der Waals surface area contributed by atoms with Gasteiger partial charge in [0, 0.05) is 61.8 Å². The number of carbonyl (C=O) groups is 3. The van der Waals surface area contributed by atoms with Crippen LogP contribution in [0.2, 0.25) is 0 Å². The van der Waals surface area contributed by atoms with Crippen LogP contribution in [-0.2, 0) is 4.74 Å². The number of nitrogens with one attached hydrogen (secondary N) is 1. The van der Waals surface area contributed by atoms with Gasteiger partial charge in [-0.1, -0.05) is 35.9 Å². The zero-order valence-electron chi connectivity index (χ0n) is 21.6. The number of nitrogens with zero attached hydrogens (tertiary/aromatic N) is 3. The zero-order chi connectivity index (χ0) is 26.5. The fourth-order valence-electron chi connectivity index (χ4n) is 4.82. The Morgan fingerprint density at radius 3 is 2.05 bits per heavy atom. The van der Waals surface area contributed by atoms with Gasteiger partial charge in [0.15, 0.2) is 0 Å². The molecule has 0 aromatic heterocycles. The van der Waals surface area contributed by atoms with Crippen molar-refractivity contribution >= 4 is 29.1 Å². The Hall–Kier alpha value is -4.17. The van der Waals surface area contributed by atoms with E-state index in [9.17, 15) is 14.4 Å². The number of amides is 3. The summed E-state index contributed by atoms with van der Waals surface area (Å²) in [5, 5.41) is 2.92. The van der Waals surface area contributed by atoms with Gasteiger partial charge >= 0.3 is 0 Å². The summed E-state index contributed by atoms with van der Waals surface area (Å²) in [6, 6.07) is 22.1. The number of hydrogen-bond donors (Lipinski definition) is 1. The number of ether oxygens (including phenoxy) is 1. The molecule has 2 heterocycles. The van der Waals surface area contributed by atoms with Gasteiger partial charge in [-0.3, -0.25) is 14.4 Å². The normalized spacial score (nSPS) is 15.8. The highest BCUT2D eigenvalue weighted by Gasteiger charge is 2.27. The average molecular weight is 513 g/mol. The third-order valence-electron chi connectivity index (χ3n) is 7.03. The molecule has 0 saturated carbocycles. The lowest BCUT2D eigenvalue weighted by atomic mass is 10.1. The topological polar surface area (TPSA) is 82.2 Å². The van der Waals surface area contributed by atoms with E-state index in [0.29, 0.717) is 74.9 Å². The van der Waals surface area contributed by atoms with Crippen molar-refractivity contribution in [3.8, 4) is 0 Å². The van der Waals surface area contributed by atoms with Crippen LogP contribution in [-0.4, -0.2) is 80.0 Å². The Bertz CT molecular complexity index is 1300. The van der Waals surface area contributed by atoms with E-state index in [-0.39, 0.29) is 17.7 Å². The number of piperazine rings is 1. The molecule has 0 spiro atoms. The van der Waals surface area contributed by atoms with E-state index in [0.717, 1.165) is 11.3 Å². The first-order valence-electron chi connectivity index (χ1n) is 13.0. The van der Waals surface area contributed by atoms with Crippen LogP contribution in [0.3, 0.4) is 0 Å². The molecule has 2 aliphatic rings. The van der Waals surface area contributed by atoms with Crippen LogP contribution >= 0.6 is 0 Å². The predicted molar refractivity (Wildman–Crippen MR) is 147 cm³/mol. The van der Waals surface area contributed by atoms with Crippen LogP contribution in [0.1, 0.15) is 36.6 Å². The second kappa shape index (κ2) is 11.5. The summed E-state index contributed by atoms with van der Waals surface area (Å²) in [6.45, 7) is 6.40. The number of aryl methyl sites for hydroxylation is 1. The number of carbonyl (C=O) groups excluding carboxylic acids is 3. The molecular formula is C30H32N4O4. The Morgan fingerprint density at radius 1 is 0.711 bits per heavy atom. The summed E-state index contributed by atoms with van der Waals surface area (Å²) in [5.41, 5.74) is 4.26. The number of morpholine rings is 1. The van der Waals surface area contributed by atoms with Crippen LogP contribution in [0.4, 0.5) is 11.4 Å². The van der Waals surface area contributed by atoms with Gasteiger partial charge in [-0.25, -0.2) is 0 Å². The number of rotatable bonds is 5. The van der Waals surface area contributed by atoms with Gasteiger partial charge in [0.2, 0.25) is 0 Å². The fourth-order valence-corrected chi connectivity index (χ4v) is 4.82. The maximum absolute atomic E-state index is 13.6. The quantitative estimate of drug-likeness (QED) is 0.564. The minimum atomic E-state index is -0.230. The molecule has 0 bridgehead atoms. The first-order valence-corrected chi connectivity index (χ1v) is 13.0. The van der Waals surface area contributed by atoms with Crippen molar-refractivity contribution < 1.29 is 19.1 Å². The maximum Gasteiger partial charge on any atom is 0.256 e. The highest BCUT2D eigenvalue weighted by atomic mass is 16.5. The van der Waals surface area contributed by atoms with Crippen molar-refractivity contribution in [2.24, 2.45) is 0 Å². The fraction of sp³-hybridized carbons (Fsp3) is 0.300. The molecule has 5 rings (SSSR count). The summed E-state index contributed by atoms with van der Waals surface area (Å²) >= 11 is 0. The SMILES string of the molecule is Cc1ccc(C(=O)N2CCN(c3ccc(NC(=O)c4ccccc4)cc3C(=O)N3CCOCC3)CC2)cc1. The van der Waals surface area contributed by atoms with Crippen molar-refractivity contribution in [1.29, 1.82) is 0 Å². The van der Waals surface area contributed by atoms with E-state index in [2.05, 4.69) is 10.2 Å². The molecule has 2 fully saturated rings. The van der Waals surface area contributed by atoms with E-state index >= 15 is 0 Å². The van der Waals surface area contributed by atoms with Gasteiger partial charge in [0.1, 0.15) is 0 Å². The smallest absolute Gasteiger partial charge is 0.256 e. The van der Waals surface area contributed by atoms with Crippen molar-refractivity contribution in [2.75, 3.05) is 62.7 Å². The first-order chi connectivity index (χ1) is 18.5. The van der Waals surface area contributed by atoms with E-state index in [4.69, 9.17) is 4.74 Å². The summed E-state index contributed by atoms with van der Waals surface area (Å²) in [4.78, 5) is 45.2. The van der Waals surface area contributed by atoms with Gasteiger partial charge in [0.05, 0.1) is 18.8 Å². The number of hydrogen-bond acceptors (Lipinski definition) is 5. The molecule has 0 aliphatic carbocycles. The molecule has 0 atom stereocenters. The maximum atomic E-state index is 13.6. The second-order valence-corrected chi connectivity index (χ2v) is 9.60. The highest BCUT2D eigenvalue weighted by molar-refractivity contribution is 6.06. The predicted octanol–water partition coefficient (Wildman–Crippen LogP) is 3.68. The molecule has 0 radical (unpaired) electrons. The Balaban J connectivity index is 1.35. The third-order valence-corrected chi connectivity index (χ3v) is 7.03. The van der Waals surface area contributed by atoms with Gasteiger partial charge in [-0.15, -0.1) is 0 Å². The minimum absolute atomic E-state index is 0.0215. The zero-order valence-corrected chi connectivity index (χ0v) is 21.6. The summed E-state index contributed by atoms with van der Waals surface area (Å²) in [5.74, 6) is -0.295. The van der Waals surface area contributed by atoms with Crippen molar-refractivity contribution in [3.63, 3.8) is 0 Å². The van der Waals surface area contributed by atoms with Crippen LogP contribution in [0.25, 0.3) is 0 Å². The van der Waals surface area contributed by atoms with E-state index in [1.165, 1.54) is 0 Å². The largest absolute Gasteiger partial charge is 0.378 e. The highest BCUT2D eigenvalue weighted by Crippen LogP contribution is 2.28. The molecule has 38 heavy (non-hydrogen) atoms. The molecular weight excluding hydrogens is 480 g/mol. The van der Waals surface area contributed by atoms with Crippen LogP contribution in [0.15, 0.2) is 72.8 Å². The summed E-state index contributed by atoms with van der Waals surface area (Å²) < 4.78 is 5.44. The molecule has 8 nitrogen and oxygen atoms in total. The molecule has 3 amide bonds. The average Bonchev–Trinajstić information content (AvgIpc) is 2.98. The number of anilines is 2. The molecule has 2 saturated heterocycles. The Kier molecular flexibility index (Phi) is 7.70. The van der Waals surface area contributed by atoms with Gasteiger partial charge in [-0.05, 0) is 49.4 Å². The lowest BCUT2D eigenvalue weighted by Crippen LogP contribution is -2.49. The van der Waals surface area contributed by atoms with Crippen molar-refractivity contribution in [3.05, 3.63) is 95.1 Å². The second-order valence-electron chi connectivity index (χ2n) is 9.60. The lowest BCUT2D eigenvalue weighted by Gasteiger charge is -2.37. The Morgan fingerprint density at radius 2 is 1.37 bits per heavy atom.